The Morgan fingerprint density at radius 2 is 1.02 bits per heavy atom. The number of fused-ring (bicyclic) bond motifs is 2. The Morgan fingerprint density at radius 1 is 0.610 bits per heavy atom. The van der Waals surface area contributed by atoms with Crippen LogP contribution in [0.4, 0.5) is 0 Å². The van der Waals surface area contributed by atoms with Gasteiger partial charge < -0.3 is 14.9 Å². The van der Waals surface area contributed by atoms with Crippen LogP contribution in [0.25, 0.3) is 43.8 Å². The van der Waals surface area contributed by atoms with Crippen molar-refractivity contribution in [1.82, 2.24) is 0 Å². The largest absolute Gasteiger partial charge is 4.00 e. The average Bonchev–Trinajstić information content (AvgIpc) is 3.53. The van der Waals surface area contributed by atoms with Crippen LogP contribution in [0.15, 0.2) is 109 Å². The zero-order chi connectivity index (χ0) is 26.4. The molecular formula is C40H42Hf. The first-order chi connectivity index (χ1) is 18.3. The molecule has 0 amide bonds. The van der Waals surface area contributed by atoms with Crippen molar-refractivity contribution in [3.05, 3.63) is 146 Å². The van der Waals surface area contributed by atoms with Crippen molar-refractivity contribution < 1.29 is 25.8 Å². The van der Waals surface area contributed by atoms with Gasteiger partial charge in [-0.2, -0.15) is 12.1 Å². The predicted molar refractivity (Wildman–Crippen MR) is 178 cm³/mol. The summed E-state index contributed by atoms with van der Waals surface area (Å²) in [5.74, 6) is 0.573. The Morgan fingerprint density at radius 3 is 1.41 bits per heavy atom. The molecule has 0 spiro atoms. The van der Waals surface area contributed by atoms with E-state index in [1.54, 1.807) is 0 Å². The summed E-state index contributed by atoms with van der Waals surface area (Å²) in [5.41, 5.74) is 10.5. The van der Waals surface area contributed by atoms with E-state index < -0.39 is 0 Å². The van der Waals surface area contributed by atoms with E-state index in [9.17, 15) is 0 Å². The summed E-state index contributed by atoms with van der Waals surface area (Å²) in [5, 5.41) is 5.34. The first kappa shape index (κ1) is 32.5. The van der Waals surface area contributed by atoms with Crippen molar-refractivity contribution in [2.75, 3.05) is 0 Å². The van der Waals surface area contributed by atoms with Gasteiger partial charge in [-0.25, -0.2) is 0 Å². The molecule has 0 saturated heterocycles. The van der Waals surface area contributed by atoms with Crippen LogP contribution in [0.1, 0.15) is 49.4 Å². The second kappa shape index (κ2) is 12.9. The molecule has 41 heavy (non-hydrogen) atoms. The Hall–Kier alpha value is -3.03. The van der Waals surface area contributed by atoms with E-state index in [-0.39, 0.29) is 46.1 Å². The summed E-state index contributed by atoms with van der Waals surface area (Å²) in [6.45, 7) is 11.5. The van der Waals surface area contributed by atoms with E-state index >= 15 is 0 Å². The monoisotopic (exact) mass is 702 g/mol. The van der Waals surface area contributed by atoms with Crippen molar-refractivity contribution in [2.24, 2.45) is 5.92 Å². The summed E-state index contributed by atoms with van der Waals surface area (Å²) in [6.07, 6.45) is 1.10. The first-order valence-electron chi connectivity index (χ1n) is 13.9. The Bertz CT molecular complexity index is 1630. The number of hydrogen-bond donors (Lipinski definition) is 0. The average molecular weight is 701 g/mol. The molecule has 0 aliphatic heterocycles. The zero-order valence-electron chi connectivity index (χ0n) is 25.7. The molecule has 0 aromatic heterocycles. The molecule has 0 bridgehead atoms. The Balaban J connectivity index is 0.00000154. The van der Waals surface area contributed by atoms with Gasteiger partial charge in [-0.15, -0.1) is 69.1 Å². The minimum Gasteiger partial charge on any atom is -0.358 e. The molecule has 0 fully saturated rings. The van der Waals surface area contributed by atoms with Crippen molar-refractivity contribution in [3.8, 4) is 22.3 Å². The molecule has 0 N–H and O–H groups in total. The number of hydrogen-bond acceptors (Lipinski definition) is 0. The number of rotatable bonds is 6. The standard InChI is InChI=1S/C38H36.2CH3.Hf/c1-25(2)24-38(5,32-20-30-14-8-16-34(36(30)22-32)28-12-6-10-26(3)18-28)33-21-31-15-9-17-35(37(31)23-33)29-13-7-11-27(4)19-29;;;/h6-23,25H,24H2,1-5H3;2*1H3;/q-2;2*-1;+4. The topological polar surface area (TPSA) is 0 Å². The molecule has 0 atom stereocenters. The van der Waals surface area contributed by atoms with Crippen LogP contribution in [0.3, 0.4) is 0 Å². The van der Waals surface area contributed by atoms with Crippen molar-refractivity contribution in [1.29, 1.82) is 0 Å². The van der Waals surface area contributed by atoms with E-state index in [4.69, 9.17) is 0 Å². The molecule has 6 aromatic rings. The van der Waals surface area contributed by atoms with Gasteiger partial charge in [0.1, 0.15) is 0 Å². The van der Waals surface area contributed by atoms with Gasteiger partial charge in [0, 0.05) is 0 Å². The third-order valence-corrected chi connectivity index (χ3v) is 8.25. The van der Waals surface area contributed by atoms with Crippen LogP contribution in [-0.2, 0) is 31.3 Å². The summed E-state index contributed by atoms with van der Waals surface area (Å²) in [6, 6.07) is 41.0. The number of aryl methyl sites for hydroxylation is 2. The third-order valence-electron chi connectivity index (χ3n) is 8.25. The molecule has 206 valence electrons. The Kier molecular flexibility index (Phi) is 10.2. The van der Waals surface area contributed by atoms with Gasteiger partial charge in [-0.05, 0) is 42.7 Å². The fraction of sp³-hybridized carbons (Fsp3) is 0.200. The molecule has 0 radical (unpaired) electrons. The maximum absolute atomic E-state index is 2.47. The zero-order valence-corrected chi connectivity index (χ0v) is 29.3. The minimum atomic E-state index is -0.0834. The third kappa shape index (κ3) is 6.12. The minimum absolute atomic E-state index is 0. The van der Waals surface area contributed by atoms with Crippen LogP contribution >= 0.6 is 0 Å². The SMILES string of the molecule is Cc1cccc(-c2cccc3[cH-]c(C(C)(CC(C)C)c4cc5c(-c6cccc(C)c6)cccc5[cH-]4)cc23)c1.[CH3-].[CH3-].[Hf+4]. The molecule has 1 heteroatoms. The quantitative estimate of drug-likeness (QED) is 0.120. The summed E-state index contributed by atoms with van der Waals surface area (Å²) >= 11 is 0. The fourth-order valence-electron chi connectivity index (χ4n) is 6.45. The van der Waals surface area contributed by atoms with Gasteiger partial charge in [-0.1, -0.05) is 104 Å². The molecule has 0 nitrogen and oxygen atoms in total. The van der Waals surface area contributed by atoms with Crippen molar-refractivity contribution >= 4 is 21.5 Å². The van der Waals surface area contributed by atoms with Crippen LogP contribution in [0.5, 0.6) is 0 Å². The van der Waals surface area contributed by atoms with Crippen molar-refractivity contribution in [2.45, 2.75) is 46.5 Å². The molecule has 0 aliphatic carbocycles. The molecular weight excluding hydrogens is 659 g/mol. The van der Waals surface area contributed by atoms with Gasteiger partial charge in [0.15, 0.2) is 0 Å². The maximum Gasteiger partial charge on any atom is 4.00 e. The normalized spacial score (nSPS) is 11.3. The van der Waals surface area contributed by atoms with Crippen LogP contribution in [0, 0.1) is 34.6 Å². The fourth-order valence-corrected chi connectivity index (χ4v) is 6.45. The van der Waals surface area contributed by atoms with E-state index in [1.165, 1.54) is 66.1 Å². The maximum atomic E-state index is 2.47. The smallest absolute Gasteiger partial charge is 0.358 e. The summed E-state index contributed by atoms with van der Waals surface area (Å²) < 4.78 is 0. The molecule has 0 unspecified atom stereocenters. The van der Waals surface area contributed by atoms with Crippen LogP contribution < -0.4 is 0 Å². The predicted octanol–water partition coefficient (Wildman–Crippen LogP) is 11.6. The summed E-state index contributed by atoms with van der Waals surface area (Å²) in [4.78, 5) is 0. The van der Waals surface area contributed by atoms with Gasteiger partial charge in [0.2, 0.25) is 0 Å². The van der Waals surface area contributed by atoms with E-state index in [0.717, 1.165) is 6.42 Å². The van der Waals surface area contributed by atoms with Crippen LogP contribution in [-0.4, -0.2) is 0 Å². The molecule has 0 aliphatic rings. The van der Waals surface area contributed by atoms with E-state index in [2.05, 4.69) is 144 Å². The van der Waals surface area contributed by atoms with Gasteiger partial charge >= 0.3 is 25.8 Å². The van der Waals surface area contributed by atoms with Gasteiger partial charge in [0.05, 0.1) is 0 Å². The number of benzene rings is 4. The van der Waals surface area contributed by atoms with Crippen LogP contribution in [0.2, 0.25) is 0 Å². The van der Waals surface area contributed by atoms with E-state index in [0.29, 0.717) is 5.92 Å². The molecule has 0 saturated carbocycles. The molecule has 0 heterocycles. The van der Waals surface area contributed by atoms with Gasteiger partial charge in [-0.3, -0.25) is 0 Å². The second-order valence-corrected chi connectivity index (χ2v) is 11.8. The first-order valence-corrected chi connectivity index (χ1v) is 13.9. The van der Waals surface area contributed by atoms with Crippen molar-refractivity contribution in [3.63, 3.8) is 0 Å². The second-order valence-electron chi connectivity index (χ2n) is 11.8. The van der Waals surface area contributed by atoms with E-state index in [1.807, 2.05) is 0 Å². The molecule has 6 rings (SSSR count). The van der Waals surface area contributed by atoms with Gasteiger partial charge in [0.25, 0.3) is 0 Å². The Labute approximate surface area is 267 Å². The molecule has 6 aromatic carbocycles. The summed E-state index contributed by atoms with van der Waals surface area (Å²) in [7, 11) is 0.